The fourth-order valence-corrected chi connectivity index (χ4v) is 3.67. The van der Waals surface area contributed by atoms with Crippen LogP contribution in [0, 0.1) is 5.41 Å². The maximum Gasteiger partial charge on any atom is 0.490 e. The van der Waals surface area contributed by atoms with Gasteiger partial charge in [0.1, 0.15) is 5.15 Å². The van der Waals surface area contributed by atoms with E-state index in [1.807, 2.05) is 4.90 Å². The van der Waals surface area contributed by atoms with Gasteiger partial charge in [-0.15, -0.1) is 0 Å². The molecule has 1 aromatic heterocycles. The first-order valence-electron chi connectivity index (χ1n) is 9.28. The Kier molecular flexibility index (Phi) is 7.45. The lowest BCUT2D eigenvalue weighted by molar-refractivity contribution is -0.192. The van der Waals surface area contributed by atoms with Gasteiger partial charge in [-0.25, -0.2) is 9.78 Å². The van der Waals surface area contributed by atoms with Gasteiger partial charge in [-0.1, -0.05) is 18.5 Å². The molecule has 0 bridgehead atoms. The second kappa shape index (κ2) is 9.25. The van der Waals surface area contributed by atoms with Gasteiger partial charge in [-0.2, -0.15) is 13.2 Å². The van der Waals surface area contributed by atoms with Crippen molar-refractivity contribution in [1.29, 1.82) is 0 Å². The highest BCUT2D eigenvalue weighted by molar-refractivity contribution is 6.29. The summed E-state index contributed by atoms with van der Waals surface area (Å²) >= 11 is 5.77. The molecule has 0 saturated carbocycles. The van der Waals surface area contributed by atoms with Crippen LogP contribution in [0.25, 0.3) is 0 Å². The monoisotopic (exact) mass is 436 g/mol. The number of rotatable bonds is 4. The standard InChI is InChI=1S/C16H23ClN4O.C2HF3O2/c1-3-12(2)21-11-16(15(21)22)5-4-6-20(10-16)9-13-7-19-14(17)8-18-13;3-2(4,5)1(6)7/h7-8,12H,3-6,9-11H2,1-2H3;(H,6,7). The summed E-state index contributed by atoms with van der Waals surface area (Å²) in [7, 11) is 0. The average Bonchev–Trinajstić information content (AvgIpc) is 2.67. The van der Waals surface area contributed by atoms with Crippen molar-refractivity contribution in [2.75, 3.05) is 19.6 Å². The Morgan fingerprint density at radius 2 is 2.00 bits per heavy atom. The van der Waals surface area contributed by atoms with E-state index in [1.165, 1.54) is 0 Å². The van der Waals surface area contributed by atoms with Crippen molar-refractivity contribution >= 4 is 23.5 Å². The molecule has 2 aliphatic heterocycles. The molecule has 2 atom stereocenters. The fourth-order valence-electron chi connectivity index (χ4n) is 3.57. The van der Waals surface area contributed by atoms with Gasteiger partial charge in [0, 0.05) is 25.7 Å². The Morgan fingerprint density at radius 1 is 1.34 bits per heavy atom. The number of aromatic nitrogens is 2. The first-order valence-corrected chi connectivity index (χ1v) is 9.66. The van der Waals surface area contributed by atoms with Crippen LogP contribution in [-0.4, -0.2) is 68.6 Å². The smallest absolute Gasteiger partial charge is 0.475 e. The number of amides is 1. The number of nitrogens with zero attached hydrogens (tertiary/aromatic N) is 4. The zero-order chi connectivity index (χ0) is 21.8. The van der Waals surface area contributed by atoms with Gasteiger partial charge in [-0.3, -0.25) is 14.7 Å². The van der Waals surface area contributed by atoms with Crippen molar-refractivity contribution < 1.29 is 27.9 Å². The molecule has 3 heterocycles. The molecular weight excluding hydrogens is 413 g/mol. The lowest BCUT2D eigenvalue weighted by Crippen LogP contribution is -2.68. The van der Waals surface area contributed by atoms with E-state index in [1.54, 1.807) is 12.4 Å². The van der Waals surface area contributed by atoms with E-state index in [9.17, 15) is 18.0 Å². The zero-order valence-corrected chi connectivity index (χ0v) is 17.0. The van der Waals surface area contributed by atoms with E-state index in [-0.39, 0.29) is 5.41 Å². The number of hydrogen-bond acceptors (Lipinski definition) is 5. The van der Waals surface area contributed by atoms with Crippen LogP contribution in [0.15, 0.2) is 12.4 Å². The normalized spacial score (nSPS) is 23.2. The van der Waals surface area contributed by atoms with Crippen LogP contribution in [0.1, 0.15) is 38.8 Å². The van der Waals surface area contributed by atoms with Gasteiger partial charge in [0.25, 0.3) is 0 Å². The van der Waals surface area contributed by atoms with E-state index in [0.717, 1.165) is 51.1 Å². The molecule has 162 valence electrons. The fraction of sp³-hybridized carbons (Fsp3) is 0.667. The Balaban J connectivity index is 0.000000370. The SMILES string of the molecule is CCC(C)N1CC2(CCCN(Cc3cnc(Cl)cn3)C2)C1=O.O=C(O)C(F)(F)F. The number of likely N-dealkylation sites (tertiary alicyclic amines) is 2. The number of β-lactam (4-membered cyclic amide) rings is 1. The number of carboxylic acid groups (broad SMARTS) is 1. The summed E-state index contributed by atoms with van der Waals surface area (Å²) in [6.07, 6.45) is 1.32. The average molecular weight is 437 g/mol. The van der Waals surface area contributed by atoms with Crippen LogP contribution in [-0.2, 0) is 16.1 Å². The molecular formula is C18H24ClF3N4O3. The maximum atomic E-state index is 12.6. The predicted octanol–water partition coefficient (Wildman–Crippen LogP) is 2.99. The number of alkyl halides is 3. The maximum absolute atomic E-state index is 12.6. The summed E-state index contributed by atoms with van der Waals surface area (Å²) in [5.74, 6) is -2.42. The zero-order valence-electron chi connectivity index (χ0n) is 16.2. The van der Waals surface area contributed by atoms with E-state index < -0.39 is 12.1 Å². The molecule has 2 saturated heterocycles. The Labute approximate surface area is 171 Å². The van der Waals surface area contributed by atoms with Crippen LogP contribution in [0.2, 0.25) is 5.15 Å². The van der Waals surface area contributed by atoms with Crippen molar-refractivity contribution in [3.63, 3.8) is 0 Å². The molecule has 2 fully saturated rings. The molecule has 29 heavy (non-hydrogen) atoms. The first-order chi connectivity index (χ1) is 13.5. The lowest BCUT2D eigenvalue weighted by atomic mass is 9.71. The molecule has 7 nitrogen and oxygen atoms in total. The minimum Gasteiger partial charge on any atom is -0.475 e. The van der Waals surface area contributed by atoms with E-state index in [2.05, 4.69) is 28.7 Å². The number of carbonyl (C=O) groups excluding carboxylic acids is 1. The topological polar surface area (TPSA) is 86.6 Å². The van der Waals surface area contributed by atoms with Gasteiger partial charge in [0.2, 0.25) is 5.91 Å². The number of halogens is 4. The van der Waals surface area contributed by atoms with E-state index in [0.29, 0.717) is 17.1 Å². The third-order valence-corrected chi connectivity index (χ3v) is 5.46. The summed E-state index contributed by atoms with van der Waals surface area (Å²) in [5.41, 5.74) is 0.758. The van der Waals surface area contributed by atoms with Crippen LogP contribution >= 0.6 is 11.6 Å². The van der Waals surface area contributed by atoms with Crippen LogP contribution < -0.4 is 0 Å². The highest BCUT2D eigenvalue weighted by Crippen LogP contribution is 2.41. The largest absolute Gasteiger partial charge is 0.490 e. The number of carbonyl (C=O) groups is 2. The minimum atomic E-state index is -5.08. The molecule has 0 aliphatic carbocycles. The Bertz CT molecular complexity index is 732. The first kappa shape index (κ1) is 23.3. The van der Waals surface area contributed by atoms with Crippen molar-refractivity contribution in [2.24, 2.45) is 5.41 Å². The lowest BCUT2D eigenvalue weighted by Gasteiger charge is -2.55. The molecule has 2 unspecified atom stereocenters. The molecule has 0 radical (unpaired) electrons. The Morgan fingerprint density at radius 3 is 2.48 bits per heavy atom. The van der Waals surface area contributed by atoms with E-state index >= 15 is 0 Å². The molecule has 3 rings (SSSR count). The highest BCUT2D eigenvalue weighted by Gasteiger charge is 2.54. The summed E-state index contributed by atoms with van der Waals surface area (Å²) in [5, 5.41) is 7.54. The number of carboxylic acids is 1. The minimum absolute atomic E-state index is 0.151. The molecule has 1 spiro atoms. The van der Waals surface area contributed by atoms with Gasteiger partial charge < -0.3 is 10.0 Å². The van der Waals surface area contributed by atoms with Crippen LogP contribution in [0.4, 0.5) is 13.2 Å². The highest BCUT2D eigenvalue weighted by atomic mass is 35.5. The summed E-state index contributed by atoms with van der Waals surface area (Å²) in [6.45, 7) is 7.77. The van der Waals surface area contributed by atoms with Crippen LogP contribution in [0.5, 0.6) is 0 Å². The van der Waals surface area contributed by atoms with Gasteiger partial charge in [0.05, 0.1) is 23.5 Å². The second-order valence-electron chi connectivity index (χ2n) is 7.42. The molecule has 1 aromatic rings. The summed E-state index contributed by atoms with van der Waals surface area (Å²) in [4.78, 5) is 34.3. The summed E-state index contributed by atoms with van der Waals surface area (Å²) in [6, 6.07) is 0.357. The molecule has 1 amide bonds. The molecule has 0 aromatic carbocycles. The predicted molar refractivity (Wildman–Crippen MR) is 99.1 cm³/mol. The number of aliphatic carboxylic acids is 1. The van der Waals surface area contributed by atoms with Crippen molar-refractivity contribution in [2.45, 2.75) is 51.9 Å². The van der Waals surface area contributed by atoms with Crippen molar-refractivity contribution in [1.82, 2.24) is 19.8 Å². The third kappa shape index (κ3) is 5.79. The molecule has 11 heteroatoms. The van der Waals surface area contributed by atoms with Gasteiger partial charge in [-0.05, 0) is 32.7 Å². The van der Waals surface area contributed by atoms with Gasteiger partial charge >= 0.3 is 12.1 Å². The second-order valence-corrected chi connectivity index (χ2v) is 7.81. The molecule has 1 N–H and O–H groups in total. The van der Waals surface area contributed by atoms with E-state index in [4.69, 9.17) is 21.5 Å². The Hall–Kier alpha value is -1.94. The number of hydrogen-bond donors (Lipinski definition) is 1. The third-order valence-electron chi connectivity index (χ3n) is 5.27. The van der Waals surface area contributed by atoms with Crippen molar-refractivity contribution in [3.05, 3.63) is 23.2 Å². The summed E-state index contributed by atoms with van der Waals surface area (Å²) < 4.78 is 31.7. The van der Waals surface area contributed by atoms with Crippen LogP contribution in [0.3, 0.4) is 0 Å². The number of piperidine rings is 1. The van der Waals surface area contributed by atoms with Gasteiger partial charge in [0.15, 0.2) is 0 Å². The molecule has 2 aliphatic rings. The van der Waals surface area contributed by atoms with Crippen molar-refractivity contribution in [3.8, 4) is 0 Å². The quantitative estimate of drug-likeness (QED) is 0.730.